The number of rotatable bonds is 4. The van der Waals surface area contributed by atoms with Gasteiger partial charge in [0.2, 0.25) is 0 Å². The maximum Gasteiger partial charge on any atom is 0.142 e. The van der Waals surface area contributed by atoms with Crippen LogP contribution in [0, 0.1) is 25.2 Å². The summed E-state index contributed by atoms with van der Waals surface area (Å²) >= 11 is 0. The van der Waals surface area contributed by atoms with Crippen LogP contribution >= 0.6 is 0 Å². The van der Waals surface area contributed by atoms with E-state index >= 15 is 0 Å². The van der Waals surface area contributed by atoms with Gasteiger partial charge in [-0.15, -0.1) is 0 Å². The van der Waals surface area contributed by atoms with Crippen LogP contribution in [0.2, 0.25) is 0 Å². The van der Waals surface area contributed by atoms with Crippen molar-refractivity contribution in [3.05, 3.63) is 41.5 Å². The molecule has 24 heavy (non-hydrogen) atoms. The molecule has 0 radical (unpaired) electrons. The van der Waals surface area contributed by atoms with Gasteiger partial charge in [0.05, 0.1) is 29.4 Å². The quantitative estimate of drug-likeness (QED) is 0.741. The summed E-state index contributed by atoms with van der Waals surface area (Å²) in [4.78, 5) is 4.74. The fourth-order valence-electron chi connectivity index (χ4n) is 2.81. The summed E-state index contributed by atoms with van der Waals surface area (Å²) in [6, 6.07) is 12.0. The highest BCUT2D eigenvalue weighted by Crippen LogP contribution is 2.31. The van der Waals surface area contributed by atoms with Crippen LogP contribution in [0.4, 0.5) is 5.69 Å². The summed E-state index contributed by atoms with van der Waals surface area (Å²) in [6.45, 7) is 6.85. The second-order valence-electron chi connectivity index (χ2n) is 5.79. The maximum atomic E-state index is 9.22. The fourth-order valence-corrected chi connectivity index (χ4v) is 2.81. The van der Waals surface area contributed by atoms with Crippen LogP contribution in [0.25, 0.3) is 22.4 Å². The van der Waals surface area contributed by atoms with Crippen molar-refractivity contribution in [1.29, 1.82) is 5.26 Å². The van der Waals surface area contributed by atoms with Crippen LogP contribution in [0.5, 0.6) is 5.75 Å². The lowest BCUT2D eigenvalue weighted by molar-refractivity contribution is 0.342. The molecule has 122 valence electrons. The minimum Gasteiger partial charge on any atom is -0.492 e. The van der Waals surface area contributed by atoms with E-state index in [1.54, 1.807) is 0 Å². The Hall–Kier alpha value is -3.00. The zero-order valence-electron chi connectivity index (χ0n) is 14.1. The molecule has 3 rings (SSSR count). The van der Waals surface area contributed by atoms with Gasteiger partial charge in [0.1, 0.15) is 18.1 Å². The summed E-state index contributed by atoms with van der Waals surface area (Å²) < 4.78 is 7.42. The molecular weight excluding hydrogens is 300 g/mol. The average Bonchev–Trinajstić information content (AvgIpc) is 2.88. The van der Waals surface area contributed by atoms with E-state index in [9.17, 15) is 5.26 Å². The van der Waals surface area contributed by atoms with Crippen molar-refractivity contribution in [2.45, 2.75) is 27.3 Å². The molecule has 2 N–H and O–H groups in total. The number of nitrogens with zero attached hydrogens (tertiary/aromatic N) is 3. The van der Waals surface area contributed by atoms with E-state index < -0.39 is 0 Å². The zero-order valence-corrected chi connectivity index (χ0v) is 14.1. The largest absolute Gasteiger partial charge is 0.492 e. The van der Waals surface area contributed by atoms with Crippen molar-refractivity contribution in [2.75, 3.05) is 12.3 Å². The van der Waals surface area contributed by atoms with E-state index in [1.807, 2.05) is 29.7 Å². The van der Waals surface area contributed by atoms with Gasteiger partial charge >= 0.3 is 0 Å². The van der Waals surface area contributed by atoms with Crippen molar-refractivity contribution >= 4 is 16.7 Å². The molecule has 5 nitrogen and oxygen atoms in total. The molecule has 0 bridgehead atoms. The Morgan fingerprint density at radius 1 is 1.21 bits per heavy atom. The maximum absolute atomic E-state index is 9.22. The molecule has 0 spiro atoms. The number of anilines is 1. The number of hydrogen-bond acceptors (Lipinski definition) is 4. The van der Waals surface area contributed by atoms with Gasteiger partial charge in [0.15, 0.2) is 0 Å². The van der Waals surface area contributed by atoms with E-state index in [2.05, 4.69) is 32.0 Å². The van der Waals surface area contributed by atoms with Gasteiger partial charge in [-0.2, -0.15) is 5.26 Å². The predicted octanol–water partition coefficient (Wildman–Crippen LogP) is 3.82. The van der Waals surface area contributed by atoms with Gasteiger partial charge in [0, 0.05) is 5.56 Å². The standard InChI is InChI=1S/C19H20N4O/c1-4-24-18-6-5-14(11-15(18)21)19-22-16-9-12(2)13(3)10-17(16)23(19)8-7-20/h5-6,9-11H,4,8,21H2,1-3H3. The number of nitriles is 1. The second kappa shape index (κ2) is 6.25. The van der Waals surface area contributed by atoms with Gasteiger partial charge in [-0.25, -0.2) is 4.98 Å². The van der Waals surface area contributed by atoms with Gasteiger partial charge in [-0.3, -0.25) is 0 Å². The number of benzene rings is 2. The number of nitrogen functional groups attached to an aromatic ring is 1. The molecule has 1 aromatic heterocycles. The van der Waals surface area contributed by atoms with E-state index in [-0.39, 0.29) is 6.54 Å². The molecule has 0 amide bonds. The molecule has 0 fully saturated rings. The van der Waals surface area contributed by atoms with Gasteiger partial charge in [-0.1, -0.05) is 0 Å². The van der Waals surface area contributed by atoms with Crippen LogP contribution in [-0.2, 0) is 6.54 Å². The van der Waals surface area contributed by atoms with E-state index in [0.29, 0.717) is 18.0 Å². The van der Waals surface area contributed by atoms with Crippen molar-refractivity contribution in [2.24, 2.45) is 0 Å². The fraction of sp³-hybridized carbons (Fsp3) is 0.263. The number of aryl methyl sites for hydroxylation is 2. The number of aromatic nitrogens is 2. The molecule has 0 aliphatic carbocycles. The lowest BCUT2D eigenvalue weighted by Gasteiger charge is -2.10. The minimum atomic E-state index is 0.238. The Morgan fingerprint density at radius 3 is 2.62 bits per heavy atom. The number of fused-ring (bicyclic) bond motifs is 1. The highest BCUT2D eigenvalue weighted by molar-refractivity contribution is 5.83. The molecule has 3 aromatic rings. The number of imidazole rings is 1. The molecule has 5 heteroatoms. The monoisotopic (exact) mass is 320 g/mol. The topological polar surface area (TPSA) is 76.9 Å². The number of nitrogens with two attached hydrogens (primary N) is 1. The Morgan fingerprint density at radius 2 is 1.96 bits per heavy atom. The van der Waals surface area contributed by atoms with Gasteiger partial charge in [0.25, 0.3) is 0 Å². The van der Waals surface area contributed by atoms with Crippen LogP contribution in [0.3, 0.4) is 0 Å². The zero-order chi connectivity index (χ0) is 17.3. The van der Waals surface area contributed by atoms with Gasteiger partial charge < -0.3 is 15.0 Å². The van der Waals surface area contributed by atoms with Gasteiger partial charge in [-0.05, 0) is 62.2 Å². The lowest BCUT2D eigenvalue weighted by Crippen LogP contribution is -2.01. The summed E-state index contributed by atoms with van der Waals surface area (Å²) in [5.41, 5.74) is 11.7. The average molecular weight is 320 g/mol. The first kappa shape index (κ1) is 15.9. The Balaban J connectivity index is 2.20. The molecule has 0 aliphatic heterocycles. The van der Waals surface area contributed by atoms with Crippen molar-refractivity contribution in [3.63, 3.8) is 0 Å². The second-order valence-corrected chi connectivity index (χ2v) is 5.79. The predicted molar refractivity (Wildman–Crippen MR) is 95.8 cm³/mol. The highest BCUT2D eigenvalue weighted by atomic mass is 16.5. The molecule has 0 atom stereocenters. The Kier molecular flexibility index (Phi) is 4.13. The first-order valence-electron chi connectivity index (χ1n) is 7.92. The summed E-state index contributed by atoms with van der Waals surface area (Å²) in [5, 5.41) is 9.22. The minimum absolute atomic E-state index is 0.238. The van der Waals surface area contributed by atoms with Crippen molar-refractivity contribution in [1.82, 2.24) is 9.55 Å². The third kappa shape index (κ3) is 2.67. The molecule has 2 aromatic carbocycles. The summed E-state index contributed by atoms with van der Waals surface area (Å²) in [6.07, 6.45) is 0. The summed E-state index contributed by atoms with van der Waals surface area (Å²) in [7, 11) is 0. The molecule has 0 unspecified atom stereocenters. The SMILES string of the molecule is CCOc1ccc(-c2nc3cc(C)c(C)cc3n2CC#N)cc1N. The van der Waals surface area contributed by atoms with Crippen molar-refractivity contribution in [3.8, 4) is 23.2 Å². The normalized spacial score (nSPS) is 10.8. The smallest absolute Gasteiger partial charge is 0.142 e. The molecule has 0 saturated heterocycles. The Bertz CT molecular complexity index is 950. The molecule has 0 saturated carbocycles. The third-order valence-corrected chi connectivity index (χ3v) is 4.16. The van der Waals surface area contributed by atoms with E-state index in [1.165, 1.54) is 11.1 Å². The van der Waals surface area contributed by atoms with Crippen LogP contribution in [-0.4, -0.2) is 16.2 Å². The molecule has 0 aliphatic rings. The van der Waals surface area contributed by atoms with E-state index in [4.69, 9.17) is 15.5 Å². The van der Waals surface area contributed by atoms with Crippen LogP contribution in [0.1, 0.15) is 18.1 Å². The molecule has 1 heterocycles. The first-order valence-corrected chi connectivity index (χ1v) is 7.92. The van der Waals surface area contributed by atoms with Crippen LogP contribution < -0.4 is 10.5 Å². The Labute approximate surface area is 141 Å². The summed E-state index contributed by atoms with van der Waals surface area (Å²) in [5.74, 6) is 1.40. The van der Waals surface area contributed by atoms with Crippen LogP contribution in [0.15, 0.2) is 30.3 Å². The van der Waals surface area contributed by atoms with E-state index in [0.717, 1.165) is 22.4 Å². The highest BCUT2D eigenvalue weighted by Gasteiger charge is 2.15. The first-order chi connectivity index (χ1) is 11.5. The number of ether oxygens (including phenoxy) is 1. The number of hydrogen-bond donors (Lipinski definition) is 1. The lowest BCUT2D eigenvalue weighted by atomic mass is 10.1. The molecular formula is C19H20N4O. The van der Waals surface area contributed by atoms with Crippen molar-refractivity contribution < 1.29 is 4.74 Å². The third-order valence-electron chi connectivity index (χ3n) is 4.16.